The van der Waals surface area contributed by atoms with Gasteiger partial charge in [-0.05, 0) is 43.2 Å². The third kappa shape index (κ3) is 3.42. The molecule has 2 bridgehead atoms. The predicted molar refractivity (Wildman–Crippen MR) is 90.3 cm³/mol. The van der Waals surface area contributed by atoms with E-state index in [1.807, 2.05) is 0 Å². The monoisotopic (exact) mass is 318 g/mol. The Balaban J connectivity index is 1.66. The molecule has 2 saturated heterocycles. The van der Waals surface area contributed by atoms with Crippen molar-refractivity contribution in [1.82, 2.24) is 14.8 Å². The van der Waals surface area contributed by atoms with Gasteiger partial charge in [-0.2, -0.15) is 0 Å². The molecule has 23 heavy (non-hydrogen) atoms. The number of hydrogen-bond acceptors (Lipinski definition) is 4. The smallest absolute Gasteiger partial charge is 0.274 e. The first-order chi connectivity index (χ1) is 11.1. The fourth-order valence-electron chi connectivity index (χ4n) is 4.01. The second-order valence-electron chi connectivity index (χ2n) is 6.83. The second-order valence-corrected chi connectivity index (χ2v) is 6.83. The molecule has 4 atom stereocenters. The molecule has 126 valence electrons. The summed E-state index contributed by atoms with van der Waals surface area (Å²) in [6, 6.07) is 3.49. The van der Waals surface area contributed by atoms with Gasteiger partial charge < -0.3 is 15.2 Å². The third-order valence-corrected chi connectivity index (χ3v) is 5.10. The number of aromatic nitrogens is 1. The van der Waals surface area contributed by atoms with Crippen molar-refractivity contribution in [2.45, 2.75) is 38.9 Å². The maximum Gasteiger partial charge on any atom is 0.274 e. The highest BCUT2D eigenvalue weighted by molar-refractivity contribution is 5.76. The van der Waals surface area contributed by atoms with E-state index in [2.05, 4.69) is 22.5 Å². The van der Waals surface area contributed by atoms with Gasteiger partial charge >= 0.3 is 0 Å². The number of anilines is 1. The Morgan fingerprint density at radius 1 is 1.43 bits per heavy atom. The van der Waals surface area contributed by atoms with Crippen LogP contribution in [0.1, 0.15) is 26.2 Å². The summed E-state index contributed by atoms with van der Waals surface area (Å²) in [5, 5.41) is 6.00. The van der Waals surface area contributed by atoms with E-state index in [0.29, 0.717) is 11.6 Å². The topological polar surface area (TPSA) is 66.4 Å². The highest BCUT2D eigenvalue weighted by Gasteiger charge is 2.36. The van der Waals surface area contributed by atoms with Crippen LogP contribution in [0.3, 0.4) is 0 Å². The first-order valence-corrected chi connectivity index (χ1v) is 8.49. The zero-order valence-corrected chi connectivity index (χ0v) is 13.9. The Labute approximate surface area is 136 Å². The Kier molecular flexibility index (Phi) is 4.71. The van der Waals surface area contributed by atoms with Gasteiger partial charge in [-0.25, -0.2) is 0 Å². The van der Waals surface area contributed by atoms with Crippen molar-refractivity contribution in [3.05, 3.63) is 28.7 Å². The summed E-state index contributed by atoms with van der Waals surface area (Å²) in [6.07, 6.45) is 5.46. The molecule has 4 unspecified atom stereocenters. The van der Waals surface area contributed by atoms with Crippen LogP contribution in [0.15, 0.2) is 23.1 Å². The van der Waals surface area contributed by atoms with Crippen molar-refractivity contribution in [1.29, 1.82) is 0 Å². The van der Waals surface area contributed by atoms with Crippen molar-refractivity contribution in [2.24, 2.45) is 11.8 Å². The van der Waals surface area contributed by atoms with Crippen LogP contribution < -0.4 is 16.2 Å². The molecule has 1 aromatic heterocycles. The van der Waals surface area contributed by atoms with Crippen LogP contribution >= 0.6 is 0 Å². The highest BCUT2D eigenvalue weighted by Crippen LogP contribution is 2.32. The minimum atomic E-state index is -0.167. The molecule has 6 nitrogen and oxygen atoms in total. The average molecular weight is 318 g/mol. The summed E-state index contributed by atoms with van der Waals surface area (Å²) >= 11 is 0. The molecule has 3 heterocycles. The van der Waals surface area contributed by atoms with Crippen LogP contribution in [0, 0.1) is 11.8 Å². The SMILES string of the molecule is CNc1cccn(CC(=O)NC2C(C)CC3CCCN2C3)c1=O. The third-order valence-electron chi connectivity index (χ3n) is 5.10. The fourth-order valence-corrected chi connectivity index (χ4v) is 4.01. The van der Waals surface area contributed by atoms with Crippen LogP contribution in [0.4, 0.5) is 5.69 Å². The number of nitrogens with one attached hydrogen (secondary N) is 2. The van der Waals surface area contributed by atoms with Crippen molar-refractivity contribution < 1.29 is 4.79 Å². The lowest BCUT2D eigenvalue weighted by atomic mass is 9.82. The molecule has 0 saturated carbocycles. The van der Waals surface area contributed by atoms with Gasteiger partial charge in [0.1, 0.15) is 12.2 Å². The average Bonchev–Trinajstić information content (AvgIpc) is 2.53. The maximum absolute atomic E-state index is 12.4. The van der Waals surface area contributed by atoms with E-state index >= 15 is 0 Å². The van der Waals surface area contributed by atoms with Gasteiger partial charge in [0.25, 0.3) is 5.56 Å². The molecule has 1 amide bonds. The number of rotatable bonds is 4. The molecule has 2 N–H and O–H groups in total. The lowest BCUT2D eigenvalue weighted by molar-refractivity contribution is -0.126. The van der Waals surface area contributed by atoms with E-state index in [1.165, 1.54) is 23.8 Å². The van der Waals surface area contributed by atoms with Crippen LogP contribution in [0.5, 0.6) is 0 Å². The van der Waals surface area contributed by atoms with Crippen molar-refractivity contribution in [3.8, 4) is 0 Å². The molecule has 0 spiro atoms. The van der Waals surface area contributed by atoms with E-state index in [-0.39, 0.29) is 24.2 Å². The maximum atomic E-state index is 12.4. The van der Waals surface area contributed by atoms with Gasteiger partial charge in [0.2, 0.25) is 5.91 Å². The van der Waals surface area contributed by atoms with Crippen molar-refractivity contribution in [3.63, 3.8) is 0 Å². The van der Waals surface area contributed by atoms with E-state index < -0.39 is 0 Å². The van der Waals surface area contributed by atoms with Gasteiger partial charge in [0.15, 0.2) is 0 Å². The highest BCUT2D eigenvalue weighted by atomic mass is 16.2. The lowest BCUT2D eigenvalue weighted by Crippen LogP contribution is -2.59. The Morgan fingerprint density at radius 2 is 2.26 bits per heavy atom. The molecule has 0 radical (unpaired) electrons. The summed E-state index contributed by atoms with van der Waals surface area (Å²) in [7, 11) is 1.71. The fraction of sp³-hybridized carbons (Fsp3) is 0.647. The quantitative estimate of drug-likeness (QED) is 0.872. The van der Waals surface area contributed by atoms with Gasteiger partial charge in [-0.3, -0.25) is 14.5 Å². The summed E-state index contributed by atoms with van der Waals surface area (Å²) in [5.74, 6) is 1.14. The van der Waals surface area contributed by atoms with Gasteiger partial charge in [-0.15, -0.1) is 0 Å². The van der Waals surface area contributed by atoms with Crippen LogP contribution in [0.2, 0.25) is 0 Å². The molecule has 2 aliphatic heterocycles. The zero-order chi connectivity index (χ0) is 16.4. The molecule has 0 aromatic carbocycles. The largest absolute Gasteiger partial charge is 0.384 e. The Morgan fingerprint density at radius 3 is 3.04 bits per heavy atom. The summed E-state index contributed by atoms with van der Waals surface area (Å²) in [6.45, 7) is 4.42. The van der Waals surface area contributed by atoms with E-state index in [4.69, 9.17) is 0 Å². The Bertz CT molecular complexity index is 625. The standard InChI is InChI=1S/C17H26N4O2/c1-12-9-13-5-3-7-20(10-13)16(12)19-15(22)11-21-8-4-6-14(18-2)17(21)23/h4,6,8,12-13,16,18H,3,5,7,9-11H2,1-2H3,(H,19,22). The van der Waals surface area contributed by atoms with E-state index in [0.717, 1.165) is 19.0 Å². The number of carbonyl (C=O) groups is 1. The van der Waals surface area contributed by atoms with Crippen LogP contribution in [0.25, 0.3) is 0 Å². The van der Waals surface area contributed by atoms with Gasteiger partial charge in [0.05, 0.1) is 6.17 Å². The molecule has 2 aliphatic rings. The molecule has 3 rings (SSSR count). The van der Waals surface area contributed by atoms with Crippen LogP contribution in [-0.2, 0) is 11.3 Å². The number of hydrogen-bond donors (Lipinski definition) is 2. The van der Waals surface area contributed by atoms with E-state index in [1.54, 1.807) is 25.4 Å². The zero-order valence-electron chi connectivity index (χ0n) is 13.9. The normalized spacial score (nSPS) is 29.8. The van der Waals surface area contributed by atoms with E-state index in [9.17, 15) is 9.59 Å². The first-order valence-electron chi connectivity index (χ1n) is 8.49. The first kappa shape index (κ1) is 16.1. The van der Waals surface area contributed by atoms with Crippen molar-refractivity contribution >= 4 is 11.6 Å². The number of piperidine rings is 2. The molecule has 2 fully saturated rings. The number of nitrogens with zero attached hydrogens (tertiary/aromatic N) is 2. The molecule has 1 aromatic rings. The molecular weight excluding hydrogens is 292 g/mol. The molecular formula is C17H26N4O2. The minimum Gasteiger partial charge on any atom is -0.384 e. The summed E-state index contributed by atoms with van der Waals surface area (Å²) in [4.78, 5) is 27.0. The molecule has 0 aliphatic carbocycles. The van der Waals surface area contributed by atoms with Crippen molar-refractivity contribution in [2.75, 3.05) is 25.5 Å². The second kappa shape index (κ2) is 6.74. The van der Waals surface area contributed by atoms with Gasteiger partial charge in [-0.1, -0.05) is 6.92 Å². The molecule has 6 heteroatoms. The number of carbonyl (C=O) groups excluding carboxylic acids is 1. The number of amides is 1. The van der Waals surface area contributed by atoms with Gasteiger partial charge in [0, 0.05) is 26.3 Å². The summed E-state index contributed by atoms with van der Waals surface area (Å²) < 4.78 is 1.45. The summed E-state index contributed by atoms with van der Waals surface area (Å²) in [5.41, 5.74) is 0.338. The predicted octanol–water partition coefficient (Wildman–Crippen LogP) is 1.08. The lowest BCUT2D eigenvalue weighted by Gasteiger charge is -2.47. The Hall–Kier alpha value is -1.82. The minimum absolute atomic E-state index is 0.0643. The van der Waals surface area contributed by atoms with Crippen LogP contribution in [-0.4, -0.2) is 41.7 Å². The number of pyridine rings is 1. The number of fused-ring (bicyclic) bond motifs is 2.